The number of hydrogen-bond acceptors (Lipinski definition) is 0. The van der Waals surface area contributed by atoms with E-state index in [1.54, 1.807) is 0 Å². The molecule has 0 amide bonds. The molecule has 0 saturated carbocycles. The smallest absolute Gasteiger partial charge is 0.241 e. The molecule has 0 atom stereocenters. The van der Waals surface area contributed by atoms with Gasteiger partial charge in [0.05, 0.1) is 7.05 Å². The monoisotopic (exact) mass is 125 g/mol. The molecule has 2 heteroatoms. The number of nitrogens with zero attached hydrogens (tertiary/aromatic N) is 1. The summed E-state index contributed by atoms with van der Waals surface area (Å²) in [7, 11) is 2.02. The zero-order valence-electron chi connectivity index (χ0n) is 6.18. The highest BCUT2D eigenvalue weighted by Crippen LogP contribution is 2.06. The fourth-order valence-electron chi connectivity index (χ4n) is 0.786. The van der Waals surface area contributed by atoms with E-state index in [0.717, 1.165) is 0 Å². The minimum absolute atomic E-state index is 0.603. The average molecular weight is 125 g/mol. The molecule has 0 fully saturated rings. The molecule has 1 aromatic heterocycles. The molecule has 0 spiro atoms. The van der Waals surface area contributed by atoms with Crippen LogP contribution in [0.2, 0.25) is 0 Å². The highest BCUT2D eigenvalue weighted by molar-refractivity contribution is 4.95. The summed E-state index contributed by atoms with van der Waals surface area (Å²) in [6.45, 7) is 4.34. The molecule has 0 aliphatic rings. The lowest BCUT2D eigenvalue weighted by Crippen LogP contribution is -2.23. The van der Waals surface area contributed by atoms with Gasteiger partial charge in [0.1, 0.15) is 11.9 Å². The zero-order valence-corrected chi connectivity index (χ0v) is 6.18. The van der Waals surface area contributed by atoms with Crippen LogP contribution in [-0.2, 0) is 7.05 Å². The molecule has 0 aliphatic carbocycles. The van der Waals surface area contributed by atoms with Gasteiger partial charge in [-0.1, -0.05) is 13.8 Å². The number of hydrogen-bond donors (Lipinski definition) is 1. The standard InChI is InChI=1S/C7H12N2/c1-6(2)7-4-9(3)5-8-7/h4-6H,1-3H3/p+1. The maximum absolute atomic E-state index is 3.17. The van der Waals surface area contributed by atoms with Crippen LogP contribution in [0.3, 0.4) is 0 Å². The Hall–Kier alpha value is -0.790. The van der Waals surface area contributed by atoms with Gasteiger partial charge in [0.2, 0.25) is 6.33 Å². The van der Waals surface area contributed by atoms with Gasteiger partial charge in [-0.2, -0.15) is 0 Å². The summed E-state index contributed by atoms with van der Waals surface area (Å²) >= 11 is 0. The van der Waals surface area contributed by atoms with Crippen LogP contribution in [0, 0.1) is 0 Å². The van der Waals surface area contributed by atoms with Crippen molar-refractivity contribution in [1.82, 2.24) is 4.98 Å². The van der Waals surface area contributed by atoms with Gasteiger partial charge in [0.15, 0.2) is 0 Å². The first-order valence-corrected chi connectivity index (χ1v) is 3.23. The molecular weight excluding hydrogens is 112 g/mol. The molecule has 1 rings (SSSR count). The third kappa shape index (κ3) is 1.31. The molecule has 9 heavy (non-hydrogen) atoms. The molecule has 0 radical (unpaired) electrons. The topological polar surface area (TPSA) is 19.7 Å². The second-order valence-corrected chi connectivity index (χ2v) is 2.68. The van der Waals surface area contributed by atoms with Gasteiger partial charge in [0, 0.05) is 5.92 Å². The van der Waals surface area contributed by atoms with Crippen LogP contribution < -0.4 is 4.57 Å². The van der Waals surface area contributed by atoms with Crippen LogP contribution >= 0.6 is 0 Å². The third-order valence-electron chi connectivity index (χ3n) is 1.40. The van der Waals surface area contributed by atoms with Gasteiger partial charge in [0.25, 0.3) is 0 Å². The van der Waals surface area contributed by atoms with Crippen LogP contribution in [0.5, 0.6) is 0 Å². The van der Waals surface area contributed by atoms with E-state index in [-0.39, 0.29) is 0 Å². The van der Waals surface area contributed by atoms with E-state index in [1.165, 1.54) is 5.69 Å². The number of aryl methyl sites for hydroxylation is 1. The Balaban J connectivity index is 2.85. The summed E-state index contributed by atoms with van der Waals surface area (Å²) in [6, 6.07) is 0. The highest BCUT2D eigenvalue weighted by Gasteiger charge is 2.04. The fraction of sp³-hybridized carbons (Fsp3) is 0.571. The number of nitrogens with one attached hydrogen (secondary N) is 1. The van der Waals surface area contributed by atoms with Crippen LogP contribution in [0.1, 0.15) is 25.5 Å². The van der Waals surface area contributed by atoms with E-state index >= 15 is 0 Å². The van der Waals surface area contributed by atoms with Gasteiger partial charge in [-0.25, -0.2) is 9.55 Å². The lowest BCUT2D eigenvalue weighted by Gasteiger charge is -1.91. The zero-order chi connectivity index (χ0) is 6.85. The fourth-order valence-corrected chi connectivity index (χ4v) is 0.786. The van der Waals surface area contributed by atoms with Crippen molar-refractivity contribution in [2.75, 3.05) is 0 Å². The van der Waals surface area contributed by atoms with E-state index in [4.69, 9.17) is 0 Å². The van der Waals surface area contributed by atoms with Crippen molar-refractivity contribution in [2.45, 2.75) is 19.8 Å². The molecule has 0 aliphatic heterocycles. The Labute approximate surface area is 55.5 Å². The highest BCUT2D eigenvalue weighted by atomic mass is 15.0. The van der Waals surface area contributed by atoms with Crippen molar-refractivity contribution < 1.29 is 4.57 Å². The van der Waals surface area contributed by atoms with Gasteiger partial charge in [-0.15, -0.1) is 0 Å². The molecule has 0 unspecified atom stereocenters. The predicted octanol–water partition coefficient (Wildman–Crippen LogP) is 0.963. The first kappa shape index (κ1) is 6.33. The first-order chi connectivity index (χ1) is 4.20. The van der Waals surface area contributed by atoms with Crippen LogP contribution in [-0.4, -0.2) is 4.98 Å². The summed E-state index contributed by atoms with van der Waals surface area (Å²) in [4.78, 5) is 3.17. The van der Waals surface area contributed by atoms with Gasteiger partial charge in [-0.05, 0) is 0 Å². The van der Waals surface area contributed by atoms with Crippen LogP contribution in [0.4, 0.5) is 0 Å². The van der Waals surface area contributed by atoms with E-state index < -0.39 is 0 Å². The second-order valence-electron chi connectivity index (χ2n) is 2.68. The number of aromatic nitrogens is 2. The van der Waals surface area contributed by atoms with Gasteiger partial charge < -0.3 is 0 Å². The molecule has 0 bridgehead atoms. The summed E-state index contributed by atoms with van der Waals surface area (Å²) in [6.07, 6.45) is 4.06. The van der Waals surface area contributed by atoms with Crippen molar-refractivity contribution in [3.63, 3.8) is 0 Å². The first-order valence-electron chi connectivity index (χ1n) is 3.23. The minimum atomic E-state index is 0.603. The number of rotatable bonds is 1. The summed E-state index contributed by atoms with van der Waals surface area (Å²) in [5.41, 5.74) is 1.29. The molecule has 0 saturated heterocycles. The van der Waals surface area contributed by atoms with Crippen molar-refractivity contribution in [3.05, 3.63) is 18.2 Å². The van der Waals surface area contributed by atoms with Gasteiger partial charge in [-0.3, -0.25) is 0 Å². The summed E-state index contributed by atoms with van der Waals surface area (Å²) in [5, 5.41) is 0. The largest absolute Gasteiger partial charge is 0.247 e. The molecule has 1 N–H and O–H groups in total. The van der Waals surface area contributed by atoms with Crippen LogP contribution in [0.15, 0.2) is 12.5 Å². The lowest BCUT2D eigenvalue weighted by molar-refractivity contribution is -0.670. The Morgan fingerprint density at radius 3 is 2.44 bits per heavy atom. The van der Waals surface area contributed by atoms with Crippen molar-refractivity contribution >= 4 is 0 Å². The van der Waals surface area contributed by atoms with Crippen LogP contribution in [0.25, 0.3) is 0 Å². The number of imidazole rings is 1. The normalized spacial score (nSPS) is 10.7. The Kier molecular flexibility index (Phi) is 1.56. The van der Waals surface area contributed by atoms with E-state index in [2.05, 4.69) is 25.0 Å². The molecule has 0 aromatic carbocycles. The maximum atomic E-state index is 3.17. The Morgan fingerprint density at radius 1 is 1.56 bits per heavy atom. The quantitative estimate of drug-likeness (QED) is 0.539. The van der Waals surface area contributed by atoms with Crippen molar-refractivity contribution in [3.8, 4) is 0 Å². The Morgan fingerprint density at radius 2 is 2.22 bits per heavy atom. The average Bonchev–Trinajstić information content (AvgIpc) is 2.14. The molecule has 1 heterocycles. The maximum Gasteiger partial charge on any atom is 0.241 e. The number of H-pyrrole nitrogens is 1. The van der Waals surface area contributed by atoms with E-state index in [1.807, 2.05) is 17.9 Å². The third-order valence-corrected chi connectivity index (χ3v) is 1.40. The number of aromatic amines is 1. The summed E-state index contributed by atoms with van der Waals surface area (Å²) < 4.78 is 2.02. The lowest BCUT2D eigenvalue weighted by atomic mass is 10.2. The van der Waals surface area contributed by atoms with E-state index in [0.29, 0.717) is 5.92 Å². The molecular formula is C7H13N2+. The molecule has 50 valence electrons. The predicted molar refractivity (Wildman–Crippen MR) is 36.1 cm³/mol. The molecule has 2 nitrogen and oxygen atoms in total. The van der Waals surface area contributed by atoms with Crippen molar-refractivity contribution in [1.29, 1.82) is 0 Å². The Bertz CT molecular complexity index is 189. The second kappa shape index (κ2) is 2.21. The van der Waals surface area contributed by atoms with Crippen molar-refractivity contribution in [2.24, 2.45) is 7.05 Å². The minimum Gasteiger partial charge on any atom is -0.247 e. The van der Waals surface area contributed by atoms with Gasteiger partial charge >= 0.3 is 0 Å². The molecule has 1 aromatic rings. The van der Waals surface area contributed by atoms with E-state index in [9.17, 15) is 0 Å². The summed E-state index contributed by atoms with van der Waals surface area (Å²) in [5.74, 6) is 0.603. The SMILES string of the molecule is CC(C)c1c[n+](C)c[nH]1.